The van der Waals surface area contributed by atoms with Crippen LogP contribution in [0.5, 0.6) is 5.75 Å². The van der Waals surface area contributed by atoms with E-state index in [4.69, 9.17) is 27.9 Å². The van der Waals surface area contributed by atoms with Gasteiger partial charge in [0, 0.05) is 11.5 Å². The van der Waals surface area contributed by atoms with Gasteiger partial charge in [-0.2, -0.15) is 0 Å². The van der Waals surface area contributed by atoms with Crippen molar-refractivity contribution in [1.29, 1.82) is 0 Å². The molecule has 2 rings (SSSR count). The van der Waals surface area contributed by atoms with Crippen molar-refractivity contribution in [1.82, 2.24) is 9.97 Å². The van der Waals surface area contributed by atoms with E-state index in [1.165, 1.54) is 0 Å². The Kier molecular flexibility index (Phi) is 2.44. The molecular formula is C9H6Cl2N2O. The molecule has 0 aromatic carbocycles. The lowest BCUT2D eigenvalue weighted by Crippen LogP contribution is -1.88. The fraction of sp³-hybridized carbons (Fsp3) is 0.111. The van der Waals surface area contributed by atoms with Gasteiger partial charge < -0.3 is 4.74 Å². The maximum Gasteiger partial charge on any atom is 0.140 e. The van der Waals surface area contributed by atoms with E-state index >= 15 is 0 Å². The monoisotopic (exact) mass is 228 g/mol. The highest BCUT2D eigenvalue weighted by atomic mass is 35.5. The summed E-state index contributed by atoms with van der Waals surface area (Å²) in [5.74, 6) is 0.642. The molecule has 0 unspecified atom stereocenters. The summed E-state index contributed by atoms with van der Waals surface area (Å²) in [5.41, 5.74) is 0.704. The highest BCUT2D eigenvalue weighted by Crippen LogP contribution is 2.26. The van der Waals surface area contributed by atoms with Crippen LogP contribution in [0.15, 0.2) is 18.3 Å². The first kappa shape index (κ1) is 9.49. The van der Waals surface area contributed by atoms with Crippen molar-refractivity contribution >= 4 is 34.1 Å². The van der Waals surface area contributed by atoms with Crippen molar-refractivity contribution in [2.45, 2.75) is 0 Å². The lowest BCUT2D eigenvalue weighted by atomic mass is 10.3. The van der Waals surface area contributed by atoms with Gasteiger partial charge in [-0.25, -0.2) is 4.98 Å². The van der Waals surface area contributed by atoms with Crippen molar-refractivity contribution in [3.63, 3.8) is 0 Å². The summed E-state index contributed by atoms with van der Waals surface area (Å²) in [6.45, 7) is 0. The molecule has 2 aromatic heterocycles. The first-order valence-electron chi connectivity index (χ1n) is 3.86. The molecule has 72 valence electrons. The van der Waals surface area contributed by atoms with Crippen LogP contribution >= 0.6 is 23.2 Å². The van der Waals surface area contributed by atoms with Crippen LogP contribution in [-0.4, -0.2) is 17.1 Å². The number of nitrogens with zero attached hydrogens (tertiary/aromatic N) is 2. The van der Waals surface area contributed by atoms with Crippen molar-refractivity contribution in [2.75, 3.05) is 7.11 Å². The molecule has 14 heavy (non-hydrogen) atoms. The Labute approximate surface area is 90.6 Å². The molecule has 0 aliphatic heterocycles. The van der Waals surface area contributed by atoms with Gasteiger partial charge in [0.2, 0.25) is 0 Å². The van der Waals surface area contributed by atoms with Crippen LogP contribution in [0.1, 0.15) is 0 Å². The van der Waals surface area contributed by atoms with Gasteiger partial charge in [0.05, 0.1) is 18.8 Å². The fourth-order valence-corrected chi connectivity index (χ4v) is 1.62. The Morgan fingerprint density at radius 3 is 2.79 bits per heavy atom. The van der Waals surface area contributed by atoms with E-state index in [1.807, 2.05) is 0 Å². The van der Waals surface area contributed by atoms with E-state index in [0.29, 0.717) is 21.6 Å². The molecule has 0 fully saturated rings. The number of methoxy groups -OCH3 is 1. The number of pyridine rings is 2. The number of aromatic nitrogens is 2. The van der Waals surface area contributed by atoms with E-state index in [-0.39, 0.29) is 0 Å². The van der Waals surface area contributed by atoms with Crippen LogP contribution in [-0.2, 0) is 0 Å². The molecule has 0 saturated heterocycles. The zero-order chi connectivity index (χ0) is 10.1. The summed E-state index contributed by atoms with van der Waals surface area (Å²) in [7, 11) is 1.57. The first-order valence-corrected chi connectivity index (χ1v) is 4.62. The Morgan fingerprint density at radius 1 is 1.29 bits per heavy atom. The maximum atomic E-state index is 5.90. The molecule has 2 aromatic rings. The van der Waals surface area contributed by atoms with E-state index in [9.17, 15) is 0 Å². The molecule has 0 spiro atoms. The topological polar surface area (TPSA) is 35.0 Å². The molecule has 0 aliphatic rings. The normalized spacial score (nSPS) is 10.5. The molecule has 2 heterocycles. The molecule has 0 atom stereocenters. The van der Waals surface area contributed by atoms with Gasteiger partial charge in [0.25, 0.3) is 0 Å². The zero-order valence-corrected chi connectivity index (χ0v) is 8.80. The molecule has 0 bridgehead atoms. The van der Waals surface area contributed by atoms with Gasteiger partial charge in [0.15, 0.2) is 0 Å². The fourth-order valence-electron chi connectivity index (χ4n) is 1.15. The molecule has 3 nitrogen and oxygen atoms in total. The van der Waals surface area contributed by atoms with Crippen molar-refractivity contribution in [2.24, 2.45) is 0 Å². The molecule has 5 heteroatoms. The third kappa shape index (κ3) is 1.61. The van der Waals surface area contributed by atoms with Gasteiger partial charge in [0.1, 0.15) is 16.1 Å². The van der Waals surface area contributed by atoms with Crippen LogP contribution in [0, 0.1) is 0 Å². The van der Waals surface area contributed by atoms with E-state index in [1.54, 1.807) is 25.4 Å². The predicted octanol–water partition coefficient (Wildman–Crippen LogP) is 2.95. The molecular weight excluding hydrogens is 223 g/mol. The van der Waals surface area contributed by atoms with E-state index in [0.717, 1.165) is 5.39 Å². The summed E-state index contributed by atoms with van der Waals surface area (Å²) in [6, 6.07) is 3.43. The summed E-state index contributed by atoms with van der Waals surface area (Å²) < 4.78 is 5.03. The van der Waals surface area contributed by atoms with Crippen LogP contribution in [0.25, 0.3) is 10.9 Å². The number of rotatable bonds is 1. The van der Waals surface area contributed by atoms with Crippen molar-refractivity contribution in [3.05, 3.63) is 28.6 Å². The summed E-state index contributed by atoms with van der Waals surface area (Å²) in [4.78, 5) is 8.05. The smallest absolute Gasteiger partial charge is 0.140 e. The van der Waals surface area contributed by atoms with Gasteiger partial charge in [-0.1, -0.05) is 23.2 Å². The van der Waals surface area contributed by atoms with Crippen LogP contribution < -0.4 is 4.74 Å². The Balaban J connectivity index is 2.75. The predicted molar refractivity (Wildman–Crippen MR) is 56.1 cm³/mol. The number of ether oxygens (including phenoxy) is 1. The highest BCUT2D eigenvalue weighted by Gasteiger charge is 2.05. The van der Waals surface area contributed by atoms with Crippen LogP contribution in [0.4, 0.5) is 0 Å². The van der Waals surface area contributed by atoms with Gasteiger partial charge >= 0.3 is 0 Å². The minimum atomic E-state index is 0.332. The third-order valence-electron chi connectivity index (χ3n) is 1.81. The number of hydrogen-bond donors (Lipinski definition) is 0. The molecule has 0 radical (unpaired) electrons. The highest BCUT2D eigenvalue weighted by molar-refractivity contribution is 6.36. The molecule has 0 aliphatic carbocycles. The largest absolute Gasteiger partial charge is 0.495 e. The first-order chi connectivity index (χ1) is 6.70. The van der Waals surface area contributed by atoms with Crippen LogP contribution in [0.3, 0.4) is 0 Å². The summed E-state index contributed by atoms with van der Waals surface area (Å²) in [5, 5.41) is 1.40. The number of halogens is 2. The number of fused-ring (bicyclic) bond motifs is 1. The lowest BCUT2D eigenvalue weighted by Gasteiger charge is -2.02. The average Bonchev–Trinajstić information content (AvgIpc) is 2.17. The zero-order valence-electron chi connectivity index (χ0n) is 7.29. The standard InChI is InChI=1S/C9H6Cl2N2O/c1-14-5-2-6-7(12-4-5)3-8(10)13-9(6)11/h2-4H,1H3. The molecule has 0 N–H and O–H groups in total. The van der Waals surface area contributed by atoms with Crippen molar-refractivity contribution < 1.29 is 4.74 Å². The Bertz CT molecular complexity index is 487. The summed E-state index contributed by atoms with van der Waals surface area (Å²) in [6.07, 6.45) is 1.61. The molecule has 0 saturated carbocycles. The van der Waals surface area contributed by atoms with Gasteiger partial charge in [-0.3, -0.25) is 4.98 Å². The van der Waals surface area contributed by atoms with Gasteiger partial charge in [-0.05, 0) is 6.07 Å². The minimum absolute atomic E-state index is 0.332. The van der Waals surface area contributed by atoms with Gasteiger partial charge in [-0.15, -0.1) is 0 Å². The molecule has 0 amide bonds. The Morgan fingerprint density at radius 2 is 2.07 bits per heavy atom. The summed E-state index contributed by atoms with van der Waals surface area (Å²) >= 11 is 11.6. The van der Waals surface area contributed by atoms with Crippen molar-refractivity contribution in [3.8, 4) is 5.75 Å². The second-order valence-corrected chi connectivity index (χ2v) is 3.42. The average molecular weight is 229 g/mol. The second-order valence-electron chi connectivity index (χ2n) is 2.68. The lowest BCUT2D eigenvalue weighted by molar-refractivity contribution is 0.414. The van der Waals surface area contributed by atoms with E-state index < -0.39 is 0 Å². The maximum absolute atomic E-state index is 5.90. The van der Waals surface area contributed by atoms with E-state index in [2.05, 4.69) is 9.97 Å². The SMILES string of the molecule is COc1cnc2cc(Cl)nc(Cl)c2c1. The third-order valence-corrected chi connectivity index (χ3v) is 2.29. The van der Waals surface area contributed by atoms with Crippen LogP contribution in [0.2, 0.25) is 10.3 Å². The minimum Gasteiger partial charge on any atom is -0.495 e. The number of hydrogen-bond acceptors (Lipinski definition) is 3. The quantitative estimate of drug-likeness (QED) is 0.705. The second kappa shape index (κ2) is 3.59. The Hall–Kier alpha value is -1.06.